The summed E-state index contributed by atoms with van der Waals surface area (Å²) in [4.78, 5) is 11.4. The van der Waals surface area contributed by atoms with E-state index in [1.807, 2.05) is 0 Å². The minimum atomic E-state index is -0.479. The van der Waals surface area contributed by atoms with Crippen LogP contribution in [0.1, 0.15) is 42.1 Å². The molecule has 1 aromatic carbocycles. The second-order valence-corrected chi connectivity index (χ2v) is 4.35. The normalized spacial score (nSPS) is 16.9. The molecule has 0 saturated heterocycles. The molecule has 2 nitrogen and oxygen atoms in total. The fourth-order valence-electron chi connectivity index (χ4n) is 2.13. The Bertz CT molecular complexity index is 422. The molecule has 16 heavy (non-hydrogen) atoms. The number of carbonyl (C=O) groups is 1. The summed E-state index contributed by atoms with van der Waals surface area (Å²) < 4.78 is 18.0. The minimum Gasteiger partial charge on any atom is -0.465 e. The molecular formula is C13H15FO2. The van der Waals surface area contributed by atoms with E-state index in [1.165, 1.54) is 19.2 Å². The van der Waals surface area contributed by atoms with Crippen molar-refractivity contribution in [2.75, 3.05) is 7.11 Å². The average Bonchev–Trinajstić information content (AvgIpc) is 3.08. The van der Waals surface area contributed by atoms with Crippen molar-refractivity contribution in [3.05, 3.63) is 35.1 Å². The lowest BCUT2D eigenvalue weighted by molar-refractivity contribution is 0.0600. The molecule has 0 spiro atoms. The van der Waals surface area contributed by atoms with E-state index in [9.17, 15) is 9.18 Å². The Kier molecular flexibility index (Phi) is 2.70. The van der Waals surface area contributed by atoms with Gasteiger partial charge in [0.05, 0.1) is 12.7 Å². The Morgan fingerprint density at radius 2 is 2.12 bits per heavy atom. The molecule has 0 heterocycles. The second kappa shape index (κ2) is 3.89. The minimum absolute atomic E-state index is 0.102. The number of rotatable bonds is 3. The zero-order valence-corrected chi connectivity index (χ0v) is 9.55. The predicted molar refractivity (Wildman–Crippen MR) is 58.9 cm³/mol. The first-order chi connectivity index (χ1) is 7.61. The van der Waals surface area contributed by atoms with Gasteiger partial charge in [0, 0.05) is 0 Å². The van der Waals surface area contributed by atoms with Gasteiger partial charge in [0.15, 0.2) is 0 Å². The highest BCUT2D eigenvalue weighted by molar-refractivity contribution is 5.89. The van der Waals surface area contributed by atoms with Crippen LogP contribution in [0.15, 0.2) is 18.2 Å². The topological polar surface area (TPSA) is 26.3 Å². The van der Waals surface area contributed by atoms with Crippen LogP contribution < -0.4 is 0 Å². The molecule has 3 heteroatoms. The van der Waals surface area contributed by atoms with E-state index in [2.05, 4.69) is 11.7 Å². The van der Waals surface area contributed by atoms with Crippen LogP contribution >= 0.6 is 0 Å². The van der Waals surface area contributed by atoms with E-state index in [-0.39, 0.29) is 11.2 Å². The van der Waals surface area contributed by atoms with Crippen LogP contribution in [0.4, 0.5) is 4.39 Å². The number of halogens is 1. The Morgan fingerprint density at radius 3 is 2.62 bits per heavy atom. The molecule has 1 saturated carbocycles. The third-order valence-corrected chi connectivity index (χ3v) is 3.46. The maximum Gasteiger partial charge on any atom is 0.337 e. The first-order valence-electron chi connectivity index (χ1n) is 5.51. The Balaban J connectivity index is 2.40. The smallest absolute Gasteiger partial charge is 0.337 e. The molecule has 86 valence electrons. The maximum absolute atomic E-state index is 13.4. The number of benzene rings is 1. The van der Waals surface area contributed by atoms with Crippen LogP contribution in [0.25, 0.3) is 0 Å². The van der Waals surface area contributed by atoms with Crippen molar-refractivity contribution in [3.63, 3.8) is 0 Å². The molecular weight excluding hydrogens is 207 g/mol. The van der Waals surface area contributed by atoms with Crippen LogP contribution in [-0.4, -0.2) is 13.1 Å². The lowest BCUT2D eigenvalue weighted by Crippen LogP contribution is -2.09. The van der Waals surface area contributed by atoms with Gasteiger partial charge in [-0.2, -0.15) is 0 Å². The molecule has 2 rings (SSSR count). The van der Waals surface area contributed by atoms with Gasteiger partial charge in [-0.3, -0.25) is 0 Å². The summed E-state index contributed by atoms with van der Waals surface area (Å²) in [7, 11) is 1.31. The quantitative estimate of drug-likeness (QED) is 0.735. The highest BCUT2D eigenvalue weighted by Gasteiger charge is 2.42. The average molecular weight is 222 g/mol. The van der Waals surface area contributed by atoms with Crippen LogP contribution in [0.5, 0.6) is 0 Å². The van der Waals surface area contributed by atoms with Gasteiger partial charge in [0.25, 0.3) is 0 Å². The van der Waals surface area contributed by atoms with Gasteiger partial charge in [-0.25, -0.2) is 9.18 Å². The lowest BCUT2D eigenvalue weighted by atomic mass is 9.92. The van der Waals surface area contributed by atoms with Crippen molar-refractivity contribution in [3.8, 4) is 0 Å². The molecule has 1 aliphatic carbocycles. The zero-order chi connectivity index (χ0) is 11.8. The fraction of sp³-hybridized carbons (Fsp3) is 0.462. The molecule has 0 atom stereocenters. The lowest BCUT2D eigenvalue weighted by Gasteiger charge is -2.14. The Morgan fingerprint density at radius 1 is 1.44 bits per heavy atom. The largest absolute Gasteiger partial charge is 0.465 e. The number of esters is 1. The van der Waals surface area contributed by atoms with Crippen molar-refractivity contribution in [2.45, 2.75) is 31.6 Å². The van der Waals surface area contributed by atoms with Crippen molar-refractivity contribution < 1.29 is 13.9 Å². The summed E-state index contributed by atoms with van der Waals surface area (Å²) >= 11 is 0. The first kappa shape index (κ1) is 11.1. The molecule has 0 aliphatic heterocycles. The molecule has 0 unspecified atom stereocenters. The maximum atomic E-state index is 13.4. The summed E-state index contributed by atoms with van der Waals surface area (Å²) in [6.45, 7) is 2.09. The molecule has 1 fully saturated rings. The van der Waals surface area contributed by atoms with E-state index >= 15 is 0 Å². The molecule has 1 aliphatic rings. The standard InChI is InChI=1S/C13H15FO2/c1-3-13(4-5-13)10-6-9(12(15)16-2)7-11(14)8-10/h6-8H,3-5H2,1-2H3. The van der Waals surface area contributed by atoms with E-state index in [4.69, 9.17) is 0 Å². The van der Waals surface area contributed by atoms with Crippen LogP contribution in [0.2, 0.25) is 0 Å². The number of ether oxygens (including phenoxy) is 1. The number of carbonyl (C=O) groups excluding carboxylic acids is 1. The zero-order valence-electron chi connectivity index (χ0n) is 9.55. The molecule has 0 N–H and O–H groups in total. The molecule has 0 radical (unpaired) electrons. The second-order valence-electron chi connectivity index (χ2n) is 4.35. The van der Waals surface area contributed by atoms with Gasteiger partial charge < -0.3 is 4.74 Å². The number of hydrogen-bond donors (Lipinski definition) is 0. The van der Waals surface area contributed by atoms with Crippen molar-refractivity contribution in [1.82, 2.24) is 0 Å². The summed E-state index contributed by atoms with van der Waals surface area (Å²) in [5.74, 6) is -0.842. The summed E-state index contributed by atoms with van der Waals surface area (Å²) in [5, 5.41) is 0. The third kappa shape index (κ3) is 1.82. The molecule has 1 aromatic rings. The molecule has 0 amide bonds. The van der Waals surface area contributed by atoms with Crippen molar-refractivity contribution in [1.29, 1.82) is 0 Å². The third-order valence-electron chi connectivity index (χ3n) is 3.46. The van der Waals surface area contributed by atoms with Gasteiger partial charge in [-0.05, 0) is 48.4 Å². The van der Waals surface area contributed by atoms with Crippen LogP contribution in [0, 0.1) is 5.82 Å². The summed E-state index contributed by atoms with van der Waals surface area (Å²) in [6.07, 6.45) is 3.14. The van der Waals surface area contributed by atoms with Gasteiger partial charge in [0.2, 0.25) is 0 Å². The number of hydrogen-bond acceptors (Lipinski definition) is 2. The highest BCUT2D eigenvalue weighted by Crippen LogP contribution is 2.51. The van der Waals surface area contributed by atoms with Gasteiger partial charge in [-0.1, -0.05) is 6.92 Å². The summed E-state index contributed by atoms with van der Waals surface area (Å²) in [5.41, 5.74) is 1.33. The first-order valence-corrected chi connectivity index (χ1v) is 5.51. The van der Waals surface area contributed by atoms with Crippen LogP contribution in [0.3, 0.4) is 0 Å². The SMILES string of the molecule is CCC1(c2cc(F)cc(C(=O)OC)c2)CC1. The molecule has 0 bridgehead atoms. The predicted octanol–water partition coefficient (Wildman–Crippen LogP) is 3.05. The Labute approximate surface area is 94.4 Å². The van der Waals surface area contributed by atoms with E-state index in [0.29, 0.717) is 5.56 Å². The molecule has 0 aromatic heterocycles. The van der Waals surface area contributed by atoms with Crippen molar-refractivity contribution in [2.24, 2.45) is 0 Å². The monoisotopic (exact) mass is 222 g/mol. The number of methoxy groups -OCH3 is 1. The van der Waals surface area contributed by atoms with E-state index in [0.717, 1.165) is 24.8 Å². The van der Waals surface area contributed by atoms with Gasteiger partial charge >= 0.3 is 5.97 Å². The van der Waals surface area contributed by atoms with Crippen LogP contribution in [-0.2, 0) is 10.2 Å². The van der Waals surface area contributed by atoms with E-state index in [1.54, 1.807) is 6.07 Å². The van der Waals surface area contributed by atoms with Crippen molar-refractivity contribution >= 4 is 5.97 Å². The fourth-order valence-corrected chi connectivity index (χ4v) is 2.13. The van der Waals surface area contributed by atoms with E-state index < -0.39 is 5.97 Å². The highest BCUT2D eigenvalue weighted by atomic mass is 19.1. The Hall–Kier alpha value is -1.38. The van der Waals surface area contributed by atoms with Gasteiger partial charge in [-0.15, -0.1) is 0 Å². The van der Waals surface area contributed by atoms with Gasteiger partial charge in [0.1, 0.15) is 5.82 Å². The summed E-state index contributed by atoms with van der Waals surface area (Å²) in [6, 6.07) is 4.51.